The van der Waals surface area contributed by atoms with Gasteiger partial charge in [0.15, 0.2) is 0 Å². The maximum atomic E-state index is 5.87. The van der Waals surface area contributed by atoms with Crippen molar-refractivity contribution in [2.75, 3.05) is 0 Å². The molecule has 8 nitrogen and oxygen atoms in total. The van der Waals surface area contributed by atoms with Gasteiger partial charge in [0.2, 0.25) is 11.7 Å². The molecule has 0 radical (unpaired) electrons. The Labute approximate surface area is 147 Å². The Bertz CT molecular complexity index is 989. The maximum absolute atomic E-state index is 5.87. The number of tetrazole rings is 1. The van der Waals surface area contributed by atoms with Crippen molar-refractivity contribution in [1.29, 1.82) is 0 Å². The van der Waals surface area contributed by atoms with Gasteiger partial charge in [-0.3, -0.25) is 9.97 Å². The zero-order valence-corrected chi connectivity index (χ0v) is 13.4. The van der Waals surface area contributed by atoms with E-state index in [9.17, 15) is 0 Å². The Morgan fingerprint density at radius 1 is 1.00 bits per heavy atom. The highest BCUT2D eigenvalue weighted by molar-refractivity contribution is 6.30. The molecule has 122 valence electrons. The Balaban J connectivity index is 1.53. The lowest BCUT2D eigenvalue weighted by atomic mass is 10.3. The first-order valence-electron chi connectivity index (χ1n) is 7.24. The van der Waals surface area contributed by atoms with Gasteiger partial charge in [0, 0.05) is 24.5 Å². The van der Waals surface area contributed by atoms with Crippen LogP contribution in [0.2, 0.25) is 5.02 Å². The van der Waals surface area contributed by atoms with Gasteiger partial charge < -0.3 is 4.74 Å². The van der Waals surface area contributed by atoms with E-state index in [0.29, 0.717) is 33.9 Å². The Morgan fingerprint density at radius 3 is 2.72 bits per heavy atom. The average molecular weight is 352 g/mol. The predicted molar refractivity (Wildman–Crippen MR) is 89.5 cm³/mol. The fourth-order valence-corrected chi connectivity index (χ4v) is 2.21. The summed E-state index contributed by atoms with van der Waals surface area (Å²) in [5.41, 5.74) is 1.29. The van der Waals surface area contributed by atoms with E-state index in [1.54, 1.807) is 36.8 Å². The van der Waals surface area contributed by atoms with Gasteiger partial charge in [0.25, 0.3) is 0 Å². The van der Waals surface area contributed by atoms with Crippen molar-refractivity contribution in [3.05, 3.63) is 66.2 Å². The van der Waals surface area contributed by atoms with E-state index >= 15 is 0 Å². The molecular formula is C16H10ClN7O. The number of hydrogen-bond acceptors (Lipinski definition) is 7. The smallest absolute Gasteiger partial charge is 0.223 e. The molecule has 0 aliphatic carbocycles. The quantitative estimate of drug-likeness (QED) is 0.558. The third-order valence-corrected chi connectivity index (χ3v) is 3.37. The second-order valence-corrected chi connectivity index (χ2v) is 5.35. The van der Waals surface area contributed by atoms with Crippen molar-refractivity contribution in [2.24, 2.45) is 0 Å². The van der Waals surface area contributed by atoms with Gasteiger partial charge in [0.05, 0.1) is 17.4 Å². The summed E-state index contributed by atoms with van der Waals surface area (Å²) in [7, 11) is 0. The zero-order chi connectivity index (χ0) is 17.1. The highest BCUT2D eigenvalue weighted by Crippen LogP contribution is 2.22. The van der Waals surface area contributed by atoms with E-state index in [2.05, 4.69) is 30.4 Å². The van der Waals surface area contributed by atoms with Gasteiger partial charge in [-0.15, -0.1) is 15.0 Å². The zero-order valence-electron chi connectivity index (χ0n) is 12.7. The van der Waals surface area contributed by atoms with Crippen molar-refractivity contribution < 1.29 is 4.74 Å². The first-order chi connectivity index (χ1) is 12.3. The molecule has 0 saturated carbocycles. The lowest BCUT2D eigenvalue weighted by molar-refractivity contribution is 0.460. The summed E-state index contributed by atoms with van der Waals surface area (Å²) in [5.74, 6) is 1.34. The van der Waals surface area contributed by atoms with Crippen molar-refractivity contribution in [3.63, 3.8) is 0 Å². The summed E-state index contributed by atoms with van der Waals surface area (Å²) >= 11 is 5.87. The topological polar surface area (TPSA) is 91.5 Å². The third kappa shape index (κ3) is 3.43. The minimum Gasteiger partial charge on any atom is -0.437 e. The molecule has 0 amide bonds. The van der Waals surface area contributed by atoms with E-state index in [1.165, 1.54) is 11.0 Å². The van der Waals surface area contributed by atoms with Crippen LogP contribution >= 0.6 is 11.6 Å². The molecule has 0 aliphatic heterocycles. The molecule has 0 saturated heterocycles. The summed E-state index contributed by atoms with van der Waals surface area (Å²) in [6, 6.07) is 10.6. The number of halogens is 1. The lowest BCUT2D eigenvalue weighted by Gasteiger charge is -2.05. The minimum atomic E-state index is 0.401. The van der Waals surface area contributed by atoms with Crippen LogP contribution in [0, 0.1) is 0 Å². The van der Waals surface area contributed by atoms with Gasteiger partial charge in [-0.2, -0.15) is 0 Å². The standard InChI is InChI=1S/C16H10ClN7O/c17-11-7-13(10-18-8-11)25-15-5-4-12(9-20-15)24-22-16(21-23-24)14-3-1-2-6-19-14/h1-10H. The van der Waals surface area contributed by atoms with Crippen LogP contribution < -0.4 is 4.74 Å². The van der Waals surface area contributed by atoms with E-state index < -0.39 is 0 Å². The van der Waals surface area contributed by atoms with E-state index in [-0.39, 0.29) is 0 Å². The molecule has 4 rings (SSSR count). The van der Waals surface area contributed by atoms with Crippen LogP contribution in [0.1, 0.15) is 0 Å². The van der Waals surface area contributed by atoms with Crippen LogP contribution in [-0.4, -0.2) is 35.2 Å². The van der Waals surface area contributed by atoms with Crippen molar-refractivity contribution >= 4 is 11.6 Å². The van der Waals surface area contributed by atoms with Crippen LogP contribution in [0.15, 0.2) is 61.2 Å². The number of pyridine rings is 3. The molecule has 0 fully saturated rings. The monoisotopic (exact) mass is 351 g/mol. The van der Waals surface area contributed by atoms with E-state index in [1.807, 2.05) is 18.2 Å². The molecule has 9 heteroatoms. The number of hydrogen-bond donors (Lipinski definition) is 0. The van der Waals surface area contributed by atoms with E-state index in [0.717, 1.165) is 0 Å². The Hall–Kier alpha value is -3.39. The molecular weight excluding hydrogens is 342 g/mol. The molecule has 0 aliphatic rings. The van der Waals surface area contributed by atoms with E-state index in [4.69, 9.17) is 16.3 Å². The van der Waals surface area contributed by atoms with Gasteiger partial charge >= 0.3 is 0 Å². The lowest BCUT2D eigenvalue weighted by Crippen LogP contribution is -2.00. The van der Waals surface area contributed by atoms with Crippen molar-refractivity contribution in [2.45, 2.75) is 0 Å². The second-order valence-electron chi connectivity index (χ2n) is 4.91. The first-order valence-corrected chi connectivity index (χ1v) is 7.62. The van der Waals surface area contributed by atoms with Gasteiger partial charge in [0.1, 0.15) is 17.1 Å². The largest absolute Gasteiger partial charge is 0.437 e. The molecule has 4 heterocycles. The SMILES string of the molecule is Clc1cncc(Oc2ccc(-n3nnc(-c4ccccn4)n3)cn2)c1. The molecule has 4 aromatic heterocycles. The summed E-state index contributed by atoms with van der Waals surface area (Å²) in [6.45, 7) is 0. The molecule has 4 aromatic rings. The van der Waals surface area contributed by atoms with Gasteiger partial charge in [-0.1, -0.05) is 17.7 Å². The molecule has 0 N–H and O–H groups in total. The molecule has 0 spiro atoms. The van der Waals surface area contributed by atoms with Crippen LogP contribution in [0.5, 0.6) is 11.6 Å². The van der Waals surface area contributed by atoms with Crippen LogP contribution in [-0.2, 0) is 0 Å². The molecule has 0 unspecified atom stereocenters. The minimum absolute atomic E-state index is 0.401. The summed E-state index contributed by atoms with van der Waals surface area (Å²) < 4.78 is 5.59. The Morgan fingerprint density at radius 2 is 1.96 bits per heavy atom. The van der Waals surface area contributed by atoms with Gasteiger partial charge in [-0.05, 0) is 23.4 Å². The highest BCUT2D eigenvalue weighted by atomic mass is 35.5. The number of nitrogens with zero attached hydrogens (tertiary/aromatic N) is 7. The molecule has 0 atom stereocenters. The molecule has 0 bridgehead atoms. The fraction of sp³-hybridized carbons (Fsp3) is 0. The van der Waals surface area contributed by atoms with Crippen LogP contribution in [0.3, 0.4) is 0 Å². The van der Waals surface area contributed by atoms with Crippen molar-refractivity contribution in [1.82, 2.24) is 35.2 Å². The fourth-order valence-electron chi connectivity index (χ4n) is 2.04. The third-order valence-electron chi connectivity index (χ3n) is 3.16. The number of aromatic nitrogens is 7. The van der Waals surface area contributed by atoms with Gasteiger partial charge in [-0.25, -0.2) is 4.98 Å². The Kier molecular flexibility index (Phi) is 4.01. The average Bonchev–Trinajstić information content (AvgIpc) is 3.13. The number of ether oxygens (including phenoxy) is 1. The summed E-state index contributed by atoms with van der Waals surface area (Å²) in [4.78, 5) is 13.7. The van der Waals surface area contributed by atoms with Crippen molar-refractivity contribution in [3.8, 4) is 28.8 Å². The maximum Gasteiger partial charge on any atom is 0.223 e. The first kappa shape index (κ1) is 15.2. The van der Waals surface area contributed by atoms with Crippen LogP contribution in [0.4, 0.5) is 0 Å². The summed E-state index contributed by atoms with van der Waals surface area (Å²) in [5, 5.41) is 12.8. The number of rotatable bonds is 4. The second kappa shape index (κ2) is 6.62. The summed E-state index contributed by atoms with van der Waals surface area (Å²) in [6.07, 6.45) is 6.34. The predicted octanol–water partition coefficient (Wildman–Crippen LogP) is 2.96. The normalized spacial score (nSPS) is 10.6. The molecule has 0 aromatic carbocycles. The highest BCUT2D eigenvalue weighted by Gasteiger charge is 2.09. The molecule has 25 heavy (non-hydrogen) atoms. The van der Waals surface area contributed by atoms with Crippen LogP contribution in [0.25, 0.3) is 17.2 Å².